The summed E-state index contributed by atoms with van der Waals surface area (Å²) in [4.78, 5) is 4.47. The van der Waals surface area contributed by atoms with E-state index in [2.05, 4.69) is 21.9 Å². The van der Waals surface area contributed by atoms with Gasteiger partial charge in [-0.2, -0.15) is 5.10 Å². The fourth-order valence-electron chi connectivity index (χ4n) is 2.46. The number of pyridine rings is 1. The van der Waals surface area contributed by atoms with Crippen LogP contribution in [0, 0.1) is 17.8 Å². The van der Waals surface area contributed by atoms with Gasteiger partial charge in [-0.3, -0.25) is 9.08 Å². The largest absolute Gasteiger partial charge is 0.482 e. The van der Waals surface area contributed by atoms with Crippen LogP contribution in [-0.4, -0.2) is 26.3 Å². The highest BCUT2D eigenvalue weighted by molar-refractivity contribution is 5.69. The third-order valence-electron chi connectivity index (χ3n) is 3.80. The van der Waals surface area contributed by atoms with E-state index >= 15 is 0 Å². The minimum atomic E-state index is 0.561. The van der Waals surface area contributed by atoms with Crippen molar-refractivity contribution in [2.45, 2.75) is 12.8 Å². The predicted molar refractivity (Wildman–Crippen MR) is 83.5 cm³/mol. The van der Waals surface area contributed by atoms with Gasteiger partial charge in [0.05, 0.1) is 19.5 Å². The van der Waals surface area contributed by atoms with Crippen molar-refractivity contribution in [1.29, 1.82) is 0 Å². The summed E-state index contributed by atoms with van der Waals surface area (Å²) in [5.41, 5.74) is 3.77. The first-order valence-electron chi connectivity index (χ1n) is 7.30. The van der Waals surface area contributed by atoms with E-state index in [4.69, 9.17) is 4.74 Å². The highest BCUT2D eigenvalue weighted by Crippen LogP contribution is 2.29. The molecule has 0 N–H and O–H groups in total. The Morgan fingerprint density at radius 1 is 1.23 bits per heavy atom. The number of fused-ring (bicyclic) bond motifs is 1. The van der Waals surface area contributed by atoms with Crippen molar-refractivity contribution in [3.8, 4) is 28.8 Å². The van der Waals surface area contributed by atoms with Gasteiger partial charge in [0, 0.05) is 30.8 Å². The monoisotopic (exact) mass is 292 g/mol. The molecule has 22 heavy (non-hydrogen) atoms. The van der Waals surface area contributed by atoms with Crippen molar-refractivity contribution < 1.29 is 4.74 Å². The standard InChI is InChI=1S/C17H16N4O/c1-20-11-14(9-19-20)13-7-16-18-10-15(6-5-12-3-4-12)21(16)17(8-13)22-2/h7-12H,3-4H2,1-2H3. The number of aryl methyl sites for hydroxylation is 1. The zero-order valence-electron chi connectivity index (χ0n) is 12.6. The van der Waals surface area contributed by atoms with E-state index in [9.17, 15) is 0 Å². The molecular weight excluding hydrogens is 276 g/mol. The molecule has 0 aromatic carbocycles. The van der Waals surface area contributed by atoms with Gasteiger partial charge in [0.1, 0.15) is 11.3 Å². The molecule has 110 valence electrons. The molecular formula is C17H16N4O. The smallest absolute Gasteiger partial charge is 0.200 e. The molecule has 0 saturated heterocycles. The summed E-state index contributed by atoms with van der Waals surface area (Å²) in [7, 11) is 3.57. The minimum absolute atomic E-state index is 0.561. The lowest BCUT2D eigenvalue weighted by Crippen LogP contribution is -1.97. The quantitative estimate of drug-likeness (QED) is 0.682. The molecule has 0 bridgehead atoms. The summed E-state index contributed by atoms with van der Waals surface area (Å²) in [6.07, 6.45) is 8.04. The van der Waals surface area contributed by atoms with Gasteiger partial charge in [-0.15, -0.1) is 0 Å². The van der Waals surface area contributed by atoms with E-state index in [1.54, 1.807) is 18.0 Å². The minimum Gasteiger partial charge on any atom is -0.482 e. The lowest BCUT2D eigenvalue weighted by molar-refractivity contribution is 0.392. The zero-order valence-corrected chi connectivity index (χ0v) is 12.6. The Hall–Kier alpha value is -2.74. The lowest BCUT2D eigenvalue weighted by Gasteiger charge is -2.07. The third kappa shape index (κ3) is 2.23. The Morgan fingerprint density at radius 2 is 2.09 bits per heavy atom. The van der Waals surface area contributed by atoms with Gasteiger partial charge in [-0.05, 0) is 30.4 Å². The maximum Gasteiger partial charge on any atom is 0.200 e. The second-order valence-corrected chi connectivity index (χ2v) is 5.57. The maximum absolute atomic E-state index is 5.55. The molecule has 4 rings (SSSR count). The van der Waals surface area contributed by atoms with Crippen LogP contribution < -0.4 is 4.74 Å². The molecule has 1 aliphatic carbocycles. The highest BCUT2D eigenvalue weighted by atomic mass is 16.5. The van der Waals surface area contributed by atoms with E-state index in [1.807, 2.05) is 36.0 Å². The van der Waals surface area contributed by atoms with Gasteiger partial charge in [0.25, 0.3) is 0 Å². The Labute approximate surface area is 128 Å². The molecule has 0 atom stereocenters. The predicted octanol–water partition coefficient (Wildman–Crippen LogP) is 2.50. The maximum atomic E-state index is 5.55. The Kier molecular flexibility index (Phi) is 2.90. The van der Waals surface area contributed by atoms with Crippen LogP contribution in [0.1, 0.15) is 18.5 Å². The molecule has 3 heterocycles. The zero-order chi connectivity index (χ0) is 15.1. The van der Waals surface area contributed by atoms with Gasteiger partial charge >= 0.3 is 0 Å². The molecule has 0 radical (unpaired) electrons. The van der Waals surface area contributed by atoms with Crippen LogP contribution in [0.2, 0.25) is 0 Å². The van der Waals surface area contributed by atoms with Crippen molar-refractivity contribution in [3.63, 3.8) is 0 Å². The average Bonchev–Trinajstić information content (AvgIpc) is 3.11. The van der Waals surface area contributed by atoms with E-state index in [-0.39, 0.29) is 0 Å². The van der Waals surface area contributed by atoms with Gasteiger partial charge in [0.15, 0.2) is 0 Å². The third-order valence-corrected chi connectivity index (χ3v) is 3.80. The molecule has 3 aromatic heterocycles. The van der Waals surface area contributed by atoms with E-state index in [0.717, 1.165) is 28.3 Å². The van der Waals surface area contributed by atoms with Crippen LogP contribution >= 0.6 is 0 Å². The Bertz CT molecular complexity index is 906. The van der Waals surface area contributed by atoms with E-state index in [0.29, 0.717) is 5.92 Å². The molecule has 0 unspecified atom stereocenters. The highest BCUT2D eigenvalue weighted by Gasteiger charge is 2.18. The summed E-state index contributed by atoms with van der Waals surface area (Å²) in [5, 5.41) is 4.22. The van der Waals surface area contributed by atoms with Crippen LogP contribution in [0.25, 0.3) is 16.8 Å². The average molecular weight is 292 g/mol. The van der Waals surface area contributed by atoms with Crippen LogP contribution in [0.4, 0.5) is 0 Å². The first kappa shape index (κ1) is 13.0. The molecule has 5 nitrogen and oxygen atoms in total. The first-order valence-corrected chi connectivity index (χ1v) is 7.30. The molecule has 0 spiro atoms. The molecule has 0 aliphatic heterocycles. The van der Waals surface area contributed by atoms with Crippen LogP contribution in [0.3, 0.4) is 0 Å². The van der Waals surface area contributed by atoms with Crippen LogP contribution in [0.15, 0.2) is 30.7 Å². The molecule has 1 fully saturated rings. The van der Waals surface area contributed by atoms with Crippen molar-refractivity contribution in [1.82, 2.24) is 19.2 Å². The van der Waals surface area contributed by atoms with Crippen molar-refractivity contribution in [2.24, 2.45) is 13.0 Å². The topological polar surface area (TPSA) is 44.3 Å². The lowest BCUT2D eigenvalue weighted by atomic mass is 10.1. The van der Waals surface area contributed by atoms with Gasteiger partial charge < -0.3 is 4.74 Å². The number of imidazole rings is 1. The number of rotatable bonds is 2. The second-order valence-electron chi connectivity index (χ2n) is 5.57. The molecule has 1 saturated carbocycles. The normalized spacial score (nSPS) is 13.9. The Balaban J connectivity index is 1.85. The number of aromatic nitrogens is 4. The summed E-state index contributed by atoms with van der Waals surface area (Å²) < 4.78 is 9.28. The van der Waals surface area contributed by atoms with Crippen LogP contribution in [-0.2, 0) is 7.05 Å². The Morgan fingerprint density at radius 3 is 2.77 bits per heavy atom. The molecule has 3 aromatic rings. The fraction of sp³-hybridized carbons (Fsp3) is 0.294. The summed E-state index contributed by atoms with van der Waals surface area (Å²) in [5.74, 6) is 7.79. The number of hydrogen-bond acceptors (Lipinski definition) is 3. The van der Waals surface area contributed by atoms with Gasteiger partial charge in [-0.25, -0.2) is 4.98 Å². The number of ether oxygens (including phenoxy) is 1. The fourth-order valence-corrected chi connectivity index (χ4v) is 2.46. The van der Waals surface area contributed by atoms with Crippen molar-refractivity contribution in [2.75, 3.05) is 7.11 Å². The number of nitrogens with zero attached hydrogens (tertiary/aromatic N) is 4. The van der Waals surface area contributed by atoms with Crippen molar-refractivity contribution >= 4 is 5.65 Å². The van der Waals surface area contributed by atoms with Gasteiger partial charge in [-0.1, -0.05) is 5.92 Å². The van der Waals surface area contributed by atoms with Gasteiger partial charge in [0.2, 0.25) is 5.88 Å². The number of hydrogen-bond donors (Lipinski definition) is 0. The summed E-state index contributed by atoms with van der Waals surface area (Å²) in [6, 6.07) is 4.02. The van der Waals surface area contributed by atoms with E-state index < -0.39 is 0 Å². The summed E-state index contributed by atoms with van der Waals surface area (Å²) >= 11 is 0. The summed E-state index contributed by atoms with van der Waals surface area (Å²) in [6.45, 7) is 0. The van der Waals surface area contributed by atoms with E-state index in [1.165, 1.54) is 12.8 Å². The molecule has 5 heteroatoms. The second kappa shape index (κ2) is 4.92. The number of methoxy groups -OCH3 is 1. The first-order chi connectivity index (χ1) is 10.7. The van der Waals surface area contributed by atoms with Crippen molar-refractivity contribution in [3.05, 3.63) is 36.4 Å². The SMILES string of the molecule is COc1cc(-c2cnn(C)c2)cc2ncc(C#CC3CC3)n12. The molecule has 1 aliphatic rings. The van der Waals surface area contributed by atoms with Crippen LogP contribution in [0.5, 0.6) is 5.88 Å². The molecule has 0 amide bonds.